The first-order chi connectivity index (χ1) is 8.93. The van der Waals surface area contributed by atoms with Crippen LogP contribution in [0.2, 0.25) is 0 Å². The van der Waals surface area contributed by atoms with E-state index in [4.69, 9.17) is 10.2 Å². The molecule has 0 rings (SSSR count). The monoisotopic (exact) mass is 312 g/mol. The van der Waals surface area contributed by atoms with E-state index in [9.17, 15) is 33.8 Å². The summed E-state index contributed by atoms with van der Waals surface area (Å²) in [6.45, 7) is 2.32. The molecule has 3 unspecified atom stereocenters. The van der Waals surface area contributed by atoms with E-state index < -0.39 is 48.9 Å². The van der Waals surface area contributed by atoms with E-state index in [1.165, 1.54) is 6.92 Å². The van der Waals surface area contributed by atoms with E-state index in [0.717, 1.165) is 6.92 Å². The molecule has 0 aromatic carbocycles. The van der Waals surface area contributed by atoms with Crippen LogP contribution in [0.5, 0.6) is 0 Å². The predicted molar refractivity (Wildman–Crippen MR) is 65.2 cm³/mol. The minimum atomic E-state index is -5.43. The minimum Gasteiger partial charge on any atom is -0.481 e. The summed E-state index contributed by atoms with van der Waals surface area (Å²) in [5.74, 6) is -9.57. The third kappa shape index (κ3) is 3.17. The maximum absolute atomic E-state index is 11.6. The van der Waals surface area contributed by atoms with Gasteiger partial charge in [-0.2, -0.15) is 0 Å². The second kappa shape index (κ2) is 6.34. The number of hydrogen-bond acceptors (Lipinski definition) is 4. The molecule has 0 amide bonds. The third-order valence-electron chi connectivity index (χ3n) is 3.19. The van der Waals surface area contributed by atoms with Crippen LogP contribution < -0.4 is 0 Å². The van der Waals surface area contributed by atoms with Crippen molar-refractivity contribution in [1.82, 2.24) is 0 Å². The van der Waals surface area contributed by atoms with Gasteiger partial charge in [-0.05, 0) is 6.42 Å². The van der Waals surface area contributed by atoms with E-state index in [2.05, 4.69) is 0 Å². The van der Waals surface area contributed by atoms with Crippen LogP contribution in [0.15, 0.2) is 0 Å². The SMILES string of the molecule is CCCC(C(=O)O)(C(C(=O)O)C(C)C(=O)O)P(=O)(O)O. The minimum absolute atomic E-state index is 0.0342. The van der Waals surface area contributed by atoms with E-state index >= 15 is 0 Å². The Balaban J connectivity index is 6.30. The van der Waals surface area contributed by atoms with Crippen LogP contribution in [0.1, 0.15) is 26.7 Å². The van der Waals surface area contributed by atoms with Gasteiger partial charge in [0.25, 0.3) is 0 Å². The predicted octanol–water partition coefficient (Wildman–Crippen LogP) is 0.209. The molecule has 0 aliphatic carbocycles. The average Bonchev–Trinajstić information content (AvgIpc) is 2.25. The molecule has 0 aromatic heterocycles. The topological polar surface area (TPSA) is 169 Å². The fraction of sp³-hybridized carbons (Fsp3) is 0.700. The molecule has 0 saturated carbocycles. The third-order valence-corrected chi connectivity index (χ3v) is 4.92. The Labute approximate surface area is 114 Å². The summed E-state index contributed by atoms with van der Waals surface area (Å²) in [5, 5.41) is 24.2. The van der Waals surface area contributed by atoms with Gasteiger partial charge in [-0.1, -0.05) is 20.3 Å². The van der Waals surface area contributed by atoms with Gasteiger partial charge in [0.2, 0.25) is 0 Å². The normalized spacial score (nSPS) is 17.8. The van der Waals surface area contributed by atoms with Crippen molar-refractivity contribution in [3.63, 3.8) is 0 Å². The number of carbonyl (C=O) groups is 3. The standard InChI is InChI=1S/C10H17O9P/c1-3-4-10(9(15)16,20(17,18)19)6(8(13)14)5(2)7(11)12/h5-6H,3-4H2,1-2H3,(H,11,12)(H,13,14)(H,15,16)(H2,17,18,19). The molecule has 0 radical (unpaired) electrons. The van der Waals surface area contributed by atoms with Crippen LogP contribution in [0.4, 0.5) is 0 Å². The van der Waals surface area contributed by atoms with Gasteiger partial charge < -0.3 is 25.1 Å². The molecule has 0 aliphatic heterocycles. The fourth-order valence-electron chi connectivity index (χ4n) is 2.20. The molecule has 0 aromatic rings. The lowest BCUT2D eigenvalue weighted by atomic mass is 9.79. The van der Waals surface area contributed by atoms with Crippen LogP contribution in [-0.4, -0.2) is 48.2 Å². The van der Waals surface area contributed by atoms with Crippen molar-refractivity contribution < 1.29 is 44.1 Å². The van der Waals surface area contributed by atoms with E-state index in [-0.39, 0.29) is 6.42 Å². The lowest BCUT2D eigenvalue weighted by Gasteiger charge is -2.36. The van der Waals surface area contributed by atoms with Crippen molar-refractivity contribution in [2.75, 3.05) is 0 Å². The van der Waals surface area contributed by atoms with Crippen molar-refractivity contribution in [3.05, 3.63) is 0 Å². The van der Waals surface area contributed by atoms with E-state index in [0.29, 0.717) is 0 Å². The van der Waals surface area contributed by atoms with Crippen LogP contribution in [0, 0.1) is 11.8 Å². The first-order valence-electron chi connectivity index (χ1n) is 5.68. The molecule has 20 heavy (non-hydrogen) atoms. The zero-order valence-electron chi connectivity index (χ0n) is 10.9. The van der Waals surface area contributed by atoms with Gasteiger partial charge in [0.05, 0.1) is 11.8 Å². The first kappa shape index (κ1) is 18.6. The molecule has 3 atom stereocenters. The highest BCUT2D eigenvalue weighted by atomic mass is 31.2. The molecular weight excluding hydrogens is 295 g/mol. The highest BCUT2D eigenvalue weighted by Crippen LogP contribution is 2.59. The number of rotatable bonds is 8. The van der Waals surface area contributed by atoms with Crippen molar-refractivity contribution in [2.45, 2.75) is 31.8 Å². The fourth-order valence-corrected chi connectivity index (χ4v) is 3.66. The second-order valence-electron chi connectivity index (χ2n) is 4.47. The molecule has 0 heterocycles. The Hall–Kier alpha value is -1.44. The maximum Gasteiger partial charge on any atom is 0.343 e. The lowest BCUT2D eigenvalue weighted by Crippen LogP contribution is -2.52. The van der Waals surface area contributed by atoms with Crippen LogP contribution in [0.3, 0.4) is 0 Å². The molecular formula is C10H17O9P. The second-order valence-corrected chi connectivity index (χ2v) is 6.35. The lowest BCUT2D eigenvalue weighted by molar-refractivity contribution is -0.160. The quantitative estimate of drug-likeness (QED) is 0.393. The summed E-state index contributed by atoms with van der Waals surface area (Å²) >= 11 is 0. The largest absolute Gasteiger partial charge is 0.481 e. The Kier molecular flexibility index (Phi) is 5.88. The van der Waals surface area contributed by atoms with Crippen LogP contribution in [-0.2, 0) is 18.9 Å². The number of carboxylic acids is 3. The molecule has 0 fully saturated rings. The number of hydrogen-bond donors (Lipinski definition) is 5. The smallest absolute Gasteiger partial charge is 0.343 e. The summed E-state index contributed by atoms with van der Waals surface area (Å²) < 4.78 is 11.6. The summed E-state index contributed by atoms with van der Waals surface area (Å²) in [6, 6.07) is 0. The molecule has 0 saturated heterocycles. The number of carboxylic acid groups (broad SMARTS) is 3. The van der Waals surface area contributed by atoms with Crippen LogP contribution >= 0.6 is 7.60 Å². The van der Waals surface area contributed by atoms with Crippen molar-refractivity contribution >= 4 is 25.5 Å². The number of aliphatic carboxylic acids is 3. The van der Waals surface area contributed by atoms with Crippen LogP contribution in [0.25, 0.3) is 0 Å². The molecule has 10 heteroatoms. The van der Waals surface area contributed by atoms with Gasteiger partial charge in [0, 0.05) is 0 Å². The summed E-state index contributed by atoms with van der Waals surface area (Å²) in [5.41, 5.74) is 0. The van der Waals surface area contributed by atoms with E-state index in [1.807, 2.05) is 0 Å². The highest BCUT2D eigenvalue weighted by molar-refractivity contribution is 7.54. The van der Waals surface area contributed by atoms with E-state index in [1.54, 1.807) is 0 Å². The van der Waals surface area contributed by atoms with Gasteiger partial charge in [-0.15, -0.1) is 0 Å². The van der Waals surface area contributed by atoms with Gasteiger partial charge in [0.1, 0.15) is 0 Å². The zero-order chi connectivity index (χ0) is 16.3. The molecule has 0 bridgehead atoms. The Morgan fingerprint density at radius 3 is 1.75 bits per heavy atom. The molecule has 0 aliphatic rings. The Morgan fingerprint density at radius 1 is 1.10 bits per heavy atom. The van der Waals surface area contributed by atoms with Crippen molar-refractivity contribution in [2.24, 2.45) is 11.8 Å². The zero-order valence-corrected chi connectivity index (χ0v) is 11.8. The van der Waals surface area contributed by atoms with Gasteiger partial charge in [-0.25, -0.2) is 0 Å². The maximum atomic E-state index is 11.6. The summed E-state index contributed by atoms with van der Waals surface area (Å²) in [4.78, 5) is 52.3. The first-order valence-corrected chi connectivity index (χ1v) is 7.29. The Bertz CT molecular complexity index is 454. The Morgan fingerprint density at radius 2 is 1.55 bits per heavy atom. The van der Waals surface area contributed by atoms with Crippen molar-refractivity contribution in [3.8, 4) is 0 Å². The summed E-state index contributed by atoms with van der Waals surface area (Å²) in [6.07, 6.45) is -0.686. The van der Waals surface area contributed by atoms with Gasteiger partial charge >= 0.3 is 25.5 Å². The van der Waals surface area contributed by atoms with Gasteiger partial charge in [-0.3, -0.25) is 18.9 Å². The molecule has 116 valence electrons. The highest BCUT2D eigenvalue weighted by Gasteiger charge is 2.63. The summed E-state index contributed by atoms with van der Waals surface area (Å²) in [7, 11) is -5.43. The molecule has 9 nitrogen and oxygen atoms in total. The van der Waals surface area contributed by atoms with Crippen molar-refractivity contribution in [1.29, 1.82) is 0 Å². The molecule has 0 spiro atoms. The molecule has 5 N–H and O–H groups in total. The average molecular weight is 312 g/mol. The van der Waals surface area contributed by atoms with Gasteiger partial charge in [0.15, 0.2) is 5.16 Å².